The number of hydrogen-bond acceptors (Lipinski definition) is 5. The molecule has 0 radical (unpaired) electrons. The van der Waals surface area contributed by atoms with Crippen LogP contribution in [0, 0.1) is 0 Å². The molecule has 10 heteroatoms. The molecule has 0 aliphatic carbocycles. The standard InChI is InChI=1S/C31H29BrN4O4S/c32-22-3-8-30-20(15-22)9-12-36(30)41(38,39)25-5-7-29-26(19-25)27(31(37)34-29)18-23-16-21-17-24(4-6-28(21)33-23)40-14-13-35-10-1-2-11-35/h3-8,15-19,33H,1-2,9-14H2,(H,34,37)/b27-18-. The Bertz CT molecular complexity index is 1830. The molecule has 0 atom stereocenters. The van der Waals surface area contributed by atoms with Crippen molar-refractivity contribution in [1.29, 1.82) is 0 Å². The second kappa shape index (κ2) is 10.3. The molecule has 2 N–H and O–H groups in total. The number of hydrogen-bond donors (Lipinski definition) is 2. The summed E-state index contributed by atoms with van der Waals surface area (Å²) in [6.45, 7) is 4.25. The monoisotopic (exact) mass is 632 g/mol. The molecule has 1 aromatic heterocycles. The molecule has 7 rings (SSSR count). The lowest BCUT2D eigenvalue weighted by Gasteiger charge is -2.20. The molecule has 1 saturated heterocycles. The molecule has 3 aliphatic heterocycles. The SMILES string of the molecule is O=C1Nc2ccc(S(=O)(=O)N3CCc4cc(Br)ccc43)cc2/C1=C/c1cc2cc(OCCN3CCCC3)ccc2[nH]1. The van der Waals surface area contributed by atoms with E-state index in [0.29, 0.717) is 42.1 Å². The molecule has 210 valence electrons. The summed E-state index contributed by atoms with van der Waals surface area (Å²) in [6, 6.07) is 18.3. The summed E-state index contributed by atoms with van der Waals surface area (Å²) < 4.78 is 35.8. The zero-order valence-corrected chi connectivity index (χ0v) is 24.7. The summed E-state index contributed by atoms with van der Waals surface area (Å²) in [5.74, 6) is 0.542. The lowest BCUT2D eigenvalue weighted by molar-refractivity contribution is -0.110. The molecule has 1 fully saturated rings. The fraction of sp³-hybridized carbons (Fsp3) is 0.258. The highest BCUT2D eigenvalue weighted by molar-refractivity contribution is 9.10. The van der Waals surface area contributed by atoms with Gasteiger partial charge in [-0.1, -0.05) is 15.9 Å². The highest BCUT2D eigenvalue weighted by Gasteiger charge is 2.33. The van der Waals surface area contributed by atoms with Gasteiger partial charge in [-0.05, 0) is 105 Å². The van der Waals surface area contributed by atoms with E-state index in [0.717, 1.165) is 52.0 Å². The number of sulfonamides is 1. The van der Waals surface area contributed by atoms with Crippen molar-refractivity contribution in [2.24, 2.45) is 0 Å². The first-order chi connectivity index (χ1) is 19.8. The second-order valence-corrected chi connectivity index (χ2v) is 13.5. The van der Waals surface area contributed by atoms with Gasteiger partial charge >= 0.3 is 0 Å². The smallest absolute Gasteiger partial charge is 0.264 e. The molecule has 3 aliphatic rings. The van der Waals surface area contributed by atoms with Crippen molar-refractivity contribution in [3.05, 3.63) is 82.0 Å². The summed E-state index contributed by atoms with van der Waals surface area (Å²) in [5, 5.41) is 3.84. The summed E-state index contributed by atoms with van der Waals surface area (Å²) in [6.07, 6.45) is 4.95. The Morgan fingerprint density at radius 3 is 2.68 bits per heavy atom. The van der Waals surface area contributed by atoms with E-state index < -0.39 is 10.0 Å². The number of likely N-dealkylation sites (tertiary alicyclic amines) is 1. The van der Waals surface area contributed by atoms with Gasteiger partial charge in [0.2, 0.25) is 0 Å². The van der Waals surface area contributed by atoms with Crippen LogP contribution in [0.2, 0.25) is 0 Å². The number of aromatic amines is 1. The fourth-order valence-electron chi connectivity index (χ4n) is 5.94. The third-order valence-corrected chi connectivity index (χ3v) is 10.3. The minimum absolute atomic E-state index is 0.154. The molecule has 4 heterocycles. The highest BCUT2D eigenvalue weighted by Crippen LogP contribution is 2.39. The van der Waals surface area contributed by atoms with Crippen LogP contribution in [0.15, 0.2) is 70.0 Å². The van der Waals surface area contributed by atoms with Crippen LogP contribution in [-0.4, -0.2) is 57.0 Å². The van der Waals surface area contributed by atoms with Gasteiger partial charge in [0.15, 0.2) is 0 Å². The first kappa shape index (κ1) is 26.3. The number of nitrogens with one attached hydrogen (secondary N) is 2. The third-order valence-electron chi connectivity index (χ3n) is 8.04. The van der Waals surface area contributed by atoms with Crippen molar-refractivity contribution >= 4 is 65.8 Å². The number of halogens is 1. The summed E-state index contributed by atoms with van der Waals surface area (Å²) in [4.78, 5) is 18.9. The molecule has 0 saturated carbocycles. The van der Waals surface area contributed by atoms with Crippen molar-refractivity contribution in [3.8, 4) is 5.75 Å². The number of carbonyl (C=O) groups excluding carboxylic acids is 1. The van der Waals surface area contributed by atoms with Gasteiger partial charge in [-0.25, -0.2) is 8.42 Å². The maximum atomic E-state index is 13.7. The van der Waals surface area contributed by atoms with Crippen molar-refractivity contribution in [1.82, 2.24) is 9.88 Å². The number of ether oxygens (including phenoxy) is 1. The van der Waals surface area contributed by atoms with E-state index in [1.165, 1.54) is 17.1 Å². The Morgan fingerprint density at radius 1 is 0.976 bits per heavy atom. The van der Waals surface area contributed by atoms with Crippen LogP contribution in [0.5, 0.6) is 5.75 Å². The van der Waals surface area contributed by atoms with E-state index in [9.17, 15) is 13.2 Å². The average molecular weight is 634 g/mol. The summed E-state index contributed by atoms with van der Waals surface area (Å²) >= 11 is 3.47. The lowest BCUT2D eigenvalue weighted by atomic mass is 10.1. The Hall–Kier alpha value is -3.60. The number of carbonyl (C=O) groups is 1. The van der Waals surface area contributed by atoms with Crippen LogP contribution < -0.4 is 14.4 Å². The van der Waals surface area contributed by atoms with E-state index in [1.54, 1.807) is 24.3 Å². The Balaban J connectivity index is 1.15. The van der Waals surface area contributed by atoms with Crippen molar-refractivity contribution in [2.45, 2.75) is 24.2 Å². The maximum Gasteiger partial charge on any atom is 0.264 e. The molecule has 4 aromatic rings. The quantitative estimate of drug-likeness (QED) is 0.257. The number of amides is 1. The highest BCUT2D eigenvalue weighted by atomic mass is 79.9. The number of fused-ring (bicyclic) bond motifs is 3. The molecular formula is C31H29BrN4O4S. The van der Waals surface area contributed by atoms with Crippen molar-refractivity contribution in [2.75, 3.05) is 42.4 Å². The van der Waals surface area contributed by atoms with Crippen LogP contribution in [0.4, 0.5) is 11.4 Å². The topological polar surface area (TPSA) is 94.7 Å². The lowest BCUT2D eigenvalue weighted by Crippen LogP contribution is -2.29. The Morgan fingerprint density at radius 2 is 1.83 bits per heavy atom. The van der Waals surface area contributed by atoms with Crippen LogP contribution in [-0.2, 0) is 21.2 Å². The predicted octanol–water partition coefficient (Wildman–Crippen LogP) is 5.65. The zero-order chi connectivity index (χ0) is 28.1. The largest absolute Gasteiger partial charge is 0.492 e. The second-order valence-electron chi connectivity index (χ2n) is 10.7. The number of benzene rings is 3. The van der Waals surface area contributed by atoms with Gasteiger partial charge in [0.05, 0.1) is 16.2 Å². The average Bonchev–Trinajstić information content (AvgIpc) is 3.75. The van der Waals surface area contributed by atoms with Crippen LogP contribution in [0.1, 0.15) is 29.7 Å². The van der Waals surface area contributed by atoms with E-state index in [1.807, 2.05) is 42.5 Å². The fourth-order valence-corrected chi connectivity index (χ4v) is 7.88. The van der Waals surface area contributed by atoms with Gasteiger partial charge < -0.3 is 15.0 Å². The van der Waals surface area contributed by atoms with Gasteiger partial charge in [-0.3, -0.25) is 14.0 Å². The van der Waals surface area contributed by atoms with Crippen molar-refractivity contribution in [3.63, 3.8) is 0 Å². The number of nitrogens with zero attached hydrogens (tertiary/aromatic N) is 2. The summed E-state index contributed by atoms with van der Waals surface area (Å²) in [7, 11) is -3.81. The molecule has 0 unspecified atom stereocenters. The molecule has 41 heavy (non-hydrogen) atoms. The maximum absolute atomic E-state index is 13.7. The summed E-state index contributed by atoms with van der Waals surface area (Å²) in [5.41, 5.74) is 4.93. The predicted molar refractivity (Wildman–Crippen MR) is 165 cm³/mol. The van der Waals surface area contributed by atoms with E-state index >= 15 is 0 Å². The minimum Gasteiger partial charge on any atom is -0.492 e. The van der Waals surface area contributed by atoms with Crippen LogP contribution in [0.3, 0.4) is 0 Å². The van der Waals surface area contributed by atoms with Crippen LogP contribution >= 0.6 is 15.9 Å². The first-order valence-electron chi connectivity index (χ1n) is 13.8. The Kier molecular flexibility index (Phi) is 6.64. The Labute approximate surface area is 247 Å². The van der Waals surface area contributed by atoms with Gasteiger partial charge in [0, 0.05) is 45.4 Å². The van der Waals surface area contributed by atoms with Gasteiger partial charge in [-0.15, -0.1) is 0 Å². The molecule has 0 spiro atoms. The van der Waals surface area contributed by atoms with E-state index in [-0.39, 0.29) is 10.8 Å². The number of rotatable bonds is 7. The van der Waals surface area contributed by atoms with Gasteiger partial charge in [0.25, 0.3) is 15.9 Å². The molecule has 8 nitrogen and oxygen atoms in total. The van der Waals surface area contributed by atoms with Gasteiger partial charge in [-0.2, -0.15) is 0 Å². The molecule has 0 bridgehead atoms. The van der Waals surface area contributed by atoms with E-state index in [4.69, 9.17) is 4.74 Å². The normalized spacial score (nSPS) is 17.8. The third kappa shape index (κ3) is 4.94. The number of anilines is 2. The number of H-pyrrole nitrogens is 1. The van der Waals surface area contributed by atoms with Crippen molar-refractivity contribution < 1.29 is 17.9 Å². The molecule has 1 amide bonds. The van der Waals surface area contributed by atoms with Gasteiger partial charge in [0.1, 0.15) is 12.4 Å². The van der Waals surface area contributed by atoms with E-state index in [2.05, 4.69) is 31.1 Å². The molecule has 3 aromatic carbocycles. The van der Waals surface area contributed by atoms with Crippen LogP contribution in [0.25, 0.3) is 22.6 Å². The minimum atomic E-state index is -3.81. The zero-order valence-electron chi connectivity index (χ0n) is 22.3. The molecular weight excluding hydrogens is 604 g/mol. The first-order valence-corrected chi connectivity index (χ1v) is 16.0. The number of aromatic nitrogens is 1.